The second-order valence-corrected chi connectivity index (χ2v) is 4.72. The molecule has 0 heterocycles. The Hall–Kier alpha value is -2.42. The third kappa shape index (κ3) is 2.27. The second-order valence-electron chi connectivity index (χ2n) is 4.72. The van der Waals surface area contributed by atoms with Crippen molar-refractivity contribution in [3.63, 3.8) is 0 Å². The second kappa shape index (κ2) is 4.69. The molecule has 0 spiro atoms. The fourth-order valence-corrected chi connectivity index (χ4v) is 2.51. The lowest BCUT2D eigenvalue weighted by Gasteiger charge is -2.10. The fourth-order valence-electron chi connectivity index (χ4n) is 2.51. The molecule has 0 aromatic heterocycles. The number of fused-ring (bicyclic) bond motifs is 1. The third-order valence-corrected chi connectivity index (χ3v) is 3.51. The Morgan fingerprint density at radius 1 is 1.05 bits per heavy atom. The van der Waals surface area contributed by atoms with Crippen LogP contribution < -0.4 is 0 Å². The molecule has 2 aromatic rings. The summed E-state index contributed by atoms with van der Waals surface area (Å²) in [4.78, 5) is 10.2. The van der Waals surface area contributed by atoms with Crippen LogP contribution >= 0.6 is 0 Å². The summed E-state index contributed by atoms with van der Waals surface area (Å²) in [6, 6.07) is 15.2. The normalized spacial score (nSPS) is 16.3. The lowest BCUT2D eigenvalue weighted by Crippen LogP contribution is -1.98. The summed E-state index contributed by atoms with van der Waals surface area (Å²) < 4.78 is 0. The molecule has 19 heavy (non-hydrogen) atoms. The Labute approximate surface area is 111 Å². The maximum atomic E-state index is 10.6. The van der Waals surface area contributed by atoms with Crippen molar-refractivity contribution in [2.75, 3.05) is 0 Å². The molecule has 0 amide bonds. The van der Waals surface area contributed by atoms with Gasteiger partial charge in [0.15, 0.2) is 0 Å². The summed E-state index contributed by atoms with van der Waals surface area (Å²) in [5.41, 5.74) is 3.87. The first-order chi connectivity index (χ1) is 9.24. The third-order valence-electron chi connectivity index (χ3n) is 3.51. The van der Waals surface area contributed by atoms with Gasteiger partial charge in [0.1, 0.15) is 0 Å². The van der Waals surface area contributed by atoms with Crippen LogP contribution in [0.3, 0.4) is 0 Å². The van der Waals surface area contributed by atoms with Gasteiger partial charge in [-0.3, -0.25) is 10.1 Å². The SMILES string of the molecule is O=[N+]([O-])c1ccc(CC2C=Cc3ccccc32)cc1. The van der Waals surface area contributed by atoms with E-state index in [0.717, 1.165) is 12.0 Å². The largest absolute Gasteiger partial charge is 0.269 e. The maximum Gasteiger partial charge on any atom is 0.269 e. The number of non-ortho nitro benzene ring substituents is 1. The Balaban J connectivity index is 1.80. The molecule has 1 unspecified atom stereocenters. The van der Waals surface area contributed by atoms with Crippen LogP contribution in [0.15, 0.2) is 54.6 Å². The highest BCUT2D eigenvalue weighted by atomic mass is 16.6. The predicted octanol–water partition coefficient (Wildman–Crippen LogP) is 3.95. The van der Waals surface area contributed by atoms with E-state index < -0.39 is 0 Å². The Morgan fingerprint density at radius 3 is 2.53 bits per heavy atom. The molecule has 0 fully saturated rings. The highest BCUT2D eigenvalue weighted by Crippen LogP contribution is 2.32. The molecule has 3 rings (SSSR count). The van der Waals surface area contributed by atoms with E-state index in [1.54, 1.807) is 12.1 Å². The van der Waals surface area contributed by atoms with Crippen molar-refractivity contribution < 1.29 is 4.92 Å². The summed E-state index contributed by atoms with van der Waals surface area (Å²) in [5, 5.41) is 10.6. The zero-order valence-electron chi connectivity index (χ0n) is 10.3. The summed E-state index contributed by atoms with van der Waals surface area (Å²) in [6.45, 7) is 0. The van der Waals surface area contributed by atoms with Crippen LogP contribution in [0.25, 0.3) is 6.08 Å². The monoisotopic (exact) mass is 251 g/mol. The minimum Gasteiger partial charge on any atom is -0.258 e. The summed E-state index contributed by atoms with van der Waals surface area (Å²) in [7, 11) is 0. The minimum atomic E-state index is -0.367. The molecule has 0 aliphatic heterocycles. The molecule has 0 radical (unpaired) electrons. The molecule has 0 bridgehead atoms. The molecule has 0 saturated carbocycles. The zero-order chi connectivity index (χ0) is 13.2. The van der Waals surface area contributed by atoms with Gasteiger partial charge < -0.3 is 0 Å². The first-order valence-electron chi connectivity index (χ1n) is 6.24. The quantitative estimate of drug-likeness (QED) is 0.612. The summed E-state index contributed by atoms with van der Waals surface area (Å²) >= 11 is 0. The topological polar surface area (TPSA) is 43.1 Å². The molecule has 3 nitrogen and oxygen atoms in total. The van der Waals surface area contributed by atoms with Crippen LogP contribution in [0.5, 0.6) is 0 Å². The van der Waals surface area contributed by atoms with Crippen molar-refractivity contribution in [2.45, 2.75) is 12.3 Å². The van der Waals surface area contributed by atoms with E-state index in [1.165, 1.54) is 11.1 Å². The number of nitro benzene ring substituents is 1. The van der Waals surface area contributed by atoms with Crippen molar-refractivity contribution in [1.29, 1.82) is 0 Å². The van der Waals surface area contributed by atoms with Crippen molar-refractivity contribution >= 4 is 11.8 Å². The Bertz CT molecular complexity index is 644. The number of nitro groups is 1. The standard InChI is InChI=1S/C16H13NO2/c18-17(19)15-9-5-12(6-10-15)11-14-8-7-13-3-1-2-4-16(13)14/h1-10,14H,11H2. The summed E-state index contributed by atoms with van der Waals surface area (Å²) in [5.74, 6) is 0.373. The molecular weight excluding hydrogens is 238 g/mol. The lowest BCUT2D eigenvalue weighted by molar-refractivity contribution is -0.384. The van der Waals surface area contributed by atoms with Gasteiger partial charge in [-0.05, 0) is 23.1 Å². The van der Waals surface area contributed by atoms with Crippen LogP contribution in [0.4, 0.5) is 5.69 Å². The van der Waals surface area contributed by atoms with Gasteiger partial charge in [-0.1, -0.05) is 48.6 Å². The van der Waals surface area contributed by atoms with E-state index in [4.69, 9.17) is 0 Å². The van der Waals surface area contributed by atoms with Gasteiger partial charge in [-0.2, -0.15) is 0 Å². The molecule has 1 atom stereocenters. The number of hydrogen-bond acceptors (Lipinski definition) is 2. The highest BCUT2D eigenvalue weighted by Gasteiger charge is 2.17. The average Bonchev–Trinajstić information content (AvgIpc) is 2.83. The first-order valence-corrected chi connectivity index (χ1v) is 6.24. The van der Waals surface area contributed by atoms with Crippen LogP contribution in [-0.2, 0) is 6.42 Å². The van der Waals surface area contributed by atoms with Crippen molar-refractivity contribution in [1.82, 2.24) is 0 Å². The molecule has 3 heteroatoms. The first kappa shape index (κ1) is 11.7. The van der Waals surface area contributed by atoms with Gasteiger partial charge in [0.2, 0.25) is 0 Å². The number of rotatable bonds is 3. The van der Waals surface area contributed by atoms with Crippen molar-refractivity contribution in [3.05, 3.63) is 81.4 Å². The number of allylic oxidation sites excluding steroid dienone is 1. The lowest BCUT2D eigenvalue weighted by atomic mass is 9.94. The van der Waals surface area contributed by atoms with E-state index in [9.17, 15) is 10.1 Å². The van der Waals surface area contributed by atoms with Crippen LogP contribution in [0.1, 0.15) is 22.6 Å². The number of benzene rings is 2. The fraction of sp³-hybridized carbons (Fsp3) is 0.125. The van der Waals surface area contributed by atoms with Crippen LogP contribution in [-0.4, -0.2) is 4.92 Å². The minimum absolute atomic E-state index is 0.145. The van der Waals surface area contributed by atoms with Gasteiger partial charge in [-0.15, -0.1) is 0 Å². The van der Waals surface area contributed by atoms with Crippen molar-refractivity contribution in [2.24, 2.45) is 0 Å². The van der Waals surface area contributed by atoms with E-state index in [0.29, 0.717) is 5.92 Å². The molecule has 1 aliphatic rings. The Kier molecular flexibility index (Phi) is 2.88. The van der Waals surface area contributed by atoms with Gasteiger partial charge in [0.05, 0.1) is 4.92 Å². The molecule has 1 aliphatic carbocycles. The Morgan fingerprint density at radius 2 is 1.79 bits per heavy atom. The van der Waals surface area contributed by atoms with Gasteiger partial charge >= 0.3 is 0 Å². The van der Waals surface area contributed by atoms with E-state index in [-0.39, 0.29) is 10.6 Å². The molecular formula is C16H13NO2. The van der Waals surface area contributed by atoms with Gasteiger partial charge in [0, 0.05) is 18.1 Å². The summed E-state index contributed by atoms with van der Waals surface area (Å²) in [6.07, 6.45) is 5.23. The predicted molar refractivity (Wildman–Crippen MR) is 75.0 cm³/mol. The zero-order valence-corrected chi connectivity index (χ0v) is 10.3. The van der Waals surface area contributed by atoms with Gasteiger partial charge in [0.25, 0.3) is 5.69 Å². The van der Waals surface area contributed by atoms with Crippen molar-refractivity contribution in [3.8, 4) is 0 Å². The van der Waals surface area contributed by atoms with Crippen LogP contribution in [0.2, 0.25) is 0 Å². The molecule has 94 valence electrons. The molecule has 0 N–H and O–H groups in total. The number of nitrogens with zero attached hydrogens (tertiary/aromatic N) is 1. The average molecular weight is 251 g/mol. The molecule has 0 saturated heterocycles. The van der Waals surface area contributed by atoms with E-state index in [2.05, 4.69) is 30.4 Å². The van der Waals surface area contributed by atoms with Crippen LogP contribution in [0, 0.1) is 10.1 Å². The van der Waals surface area contributed by atoms with E-state index in [1.807, 2.05) is 18.2 Å². The van der Waals surface area contributed by atoms with E-state index >= 15 is 0 Å². The highest BCUT2D eigenvalue weighted by molar-refractivity contribution is 5.62. The number of hydrogen-bond donors (Lipinski definition) is 0. The van der Waals surface area contributed by atoms with Gasteiger partial charge in [-0.25, -0.2) is 0 Å². The smallest absolute Gasteiger partial charge is 0.258 e. The maximum absolute atomic E-state index is 10.6. The molecule has 2 aromatic carbocycles.